The molecule has 1 aliphatic heterocycles. The van der Waals surface area contributed by atoms with Gasteiger partial charge in [0.25, 0.3) is 0 Å². The van der Waals surface area contributed by atoms with Gasteiger partial charge < -0.3 is 20.3 Å². The standard InChI is InChI=1S/C21H32N4O2/c1-20(2,3)27-19(26)24-17-10-13-25(14-17)18(22-4)23-15-21(11-12-21)16-8-6-5-7-9-16/h5-9,17H,10-15H2,1-4H3,(H,22,23)(H,24,26). The van der Waals surface area contributed by atoms with Crippen molar-refractivity contribution in [2.75, 3.05) is 26.7 Å². The van der Waals surface area contributed by atoms with E-state index in [4.69, 9.17) is 4.74 Å². The molecule has 0 aromatic heterocycles. The second kappa shape index (κ2) is 7.79. The Morgan fingerprint density at radius 2 is 2.00 bits per heavy atom. The number of rotatable bonds is 4. The summed E-state index contributed by atoms with van der Waals surface area (Å²) in [5, 5.41) is 6.53. The minimum Gasteiger partial charge on any atom is -0.444 e. The lowest BCUT2D eigenvalue weighted by molar-refractivity contribution is 0.0507. The summed E-state index contributed by atoms with van der Waals surface area (Å²) in [7, 11) is 1.82. The topological polar surface area (TPSA) is 66.0 Å². The first-order chi connectivity index (χ1) is 12.8. The second-order valence-corrected chi connectivity index (χ2v) is 8.62. The van der Waals surface area contributed by atoms with E-state index in [9.17, 15) is 4.79 Å². The van der Waals surface area contributed by atoms with E-state index in [1.54, 1.807) is 0 Å². The second-order valence-electron chi connectivity index (χ2n) is 8.62. The molecule has 27 heavy (non-hydrogen) atoms. The van der Waals surface area contributed by atoms with Gasteiger partial charge in [-0.2, -0.15) is 0 Å². The summed E-state index contributed by atoms with van der Waals surface area (Å²) in [4.78, 5) is 18.7. The lowest BCUT2D eigenvalue weighted by Crippen LogP contribution is -2.45. The van der Waals surface area contributed by atoms with Crippen molar-refractivity contribution in [1.82, 2.24) is 15.5 Å². The van der Waals surface area contributed by atoms with Gasteiger partial charge in [-0.3, -0.25) is 4.99 Å². The quantitative estimate of drug-likeness (QED) is 0.630. The number of nitrogens with zero attached hydrogens (tertiary/aromatic N) is 2. The number of benzene rings is 1. The van der Waals surface area contributed by atoms with Crippen LogP contribution in [0.2, 0.25) is 0 Å². The summed E-state index contributed by atoms with van der Waals surface area (Å²) in [5.74, 6) is 0.908. The van der Waals surface area contributed by atoms with Gasteiger partial charge in [-0.05, 0) is 45.6 Å². The average Bonchev–Trinajstić information content (AvgIpc) is 3.27. The number of carbonyl (C=O) groups is 1. The van der Waals surface area contributed by atoms with E-state index in [0.29, 0.717) is 0 Å². The SMILES string of the molecule is CN=C(NCC1(c2ccccc2)CC1)N1CCC(NC(=O)OC(C)(C)C)C1. The monoisotopic (exact) mass is 372 g/mol. The highest BCUT2D eigenvalue weighted by Crippen LogP contribution is 2.47. The van der Waals surface area contributed by atoms with Crippen LogP contribution >= 0.6 is 0 Å². The Bertz CT molecular complexity index is 677. The van der Waals surface area contributed by atoms with E-state index in [1.807, 2.05) is 27.8 Å². The van der Waals surface area contributed by atoms with Crippen LogP contribution in [0.1, 0.15) is 45.6 Å². The highest BCUT2D eigenvalue weighted by atomic mass is 16.6. The van der Waals surface area contributed by atoms with Crippen molar-refractivity contribution in [3.05, 3.63) is 35.9 Å². The van der Waals surface area contributed by atoms with Crippen LogP contribution in [-0.4, -0.2) is 55.3 Å². The van der Waals surface area contributed by atoms with E-state index in [-0.39, 0.29) is 17.6 Å². The van der Waals surface area contributed by atoms with Crippen LogP contribution in [0.5, 0.6) is 0 Å². The third-order valence-corrected chi connectivity index (χ3v) is 5.25. The molecule has 6 nitrogen and oxygen atoms in total. The summed E-state index contributed by atoms with van der Waals surface area (Å²) < 4.78 is 5.36. The van der Waals surface area contributed by atoms with Gasteiger partial charge in [0.05, 0.1) is 6.04 Å². The highest BCUT2D eigenvalue weighted by Gasteiger charge is 2.44. The van der Waals surface area contributed by atoms with Crippen molar-refractivity contribution >= 4 is 12.1 Å². The molecule has 1 amide bonds. The van der Waals surface area contributed by atoms with Gasteiger partial charge in [0.15, 0.2) is 5.96 Å². The predicted molar refractivity (Wildman–Crippen MR) is 108 cm³/mol. The molecule has 1 unspecified atom stereocenters. The largest absolute Gasteiger partial charge is 0.444 e. The molecule has 1 atom stereocenters. The molecule has 2 N–H and O–H groups in total. The lowest BCUT2D eigenvalue weighted by atomic mass is 9.96. The van der Waals surface area contributed by atoms with E-state index in [0.717, 1.165) is 32.0 Å². The van der Waals surface area contributed by atoms with Crippen molar-refractivity contribution in [2.45, 2.75) is 57.1 Å². The van der Waals surface area contributed by atoms with E-state index in [1.165, 1.54) is 18.4 Å². The summed E-state index contributed by atoms with van der Waals surface area (Å²) in [5.41, 5.74) is 1.17. The number of aliphatic imine (C=N–C) groups is 1. The Morgan fingerprint density at radius 3 is 2.59 bits per heavy atom. The maximum Gasteiger partial charge on any atom is 0.407 e. The number of ether oxygens (including phenoxy) is 1. The Balaban J connectivity index is 1.50. The Labute approximate surface area is 162 Å². The molecule has 1 saturated heterocycles. The van der Waals surface area contributed by atoms with Gasteiger partial charge in [0, 0.05) is 32.1 Å². The number of guanidine groups is 1. The zero-order chi connectivity index (χ0) is 19.5. The third kappa shape index (κ3) is 5.15. The molecule has 6 heteroatoms. The lowest BCUT2D eigenvalue weighted by Gasteiger charge is -2.25. The van der Waals surface area contributed by atoms with Gasteiger partial charge in [-0.15, -0.1) is 0 Å². The van der Waals surface area contributed by atoms with Crippen LogP contribution in [0.15, 0.2) is 35.3 Å². The highest BCUT2D eigenvalue weighted by molar-refractivity contribution is 5.80. The van der Waals surface area contributed by atoms with Crippen molar-refractivity contribution < 1.29 is 9.53 Å². The number of carbonyl (C=O) groups excluding carboxylic acids is 1. The number of hydrogen-bond donors (Lipinski definition) is 2. The number of hydrogen-bond acceptors (Lipinski definition) is 3. The molecule has 0 radical (unpaired) electrons. The molecule has 2 fully saturated rings. The molecule has 2 aliphatic rings. The smallest absolute Gasteiger partial charge is 0.407 e. The molecular weight excluding hydrogens is 340 g/mol. The fraction of sp³-hybridized carbons (Fsp3) is 0.619. The minimum absolute atomic E-state index is 0.0856. The first-order valence-electron chi connectivity index (χ1n) is 9.82. The Hall–Kier alpha value is -2.24. The molecular formula is C21H32N4O2. The first kappa shape index (κ1) is 19.5. The Morgan fingerprint density at radius 1 is 1.30 bits per heavy atom. The fourth-order valence-electron chi connectivity index (χ4n) is 3.64. The van der Waals surface area contributed by atoms with E-state index < -0.39 is 5.60 Å². The van der Waals surface area contributed by atoms with Crippen LogP contribution in [0.25, 0.3) is 0 Å². The van der Waals surface area contributed by atoms with Crippen LogP contribution in [0.4, 0.5) is 4.79 Å². The van der Waals surface area contributed by atoms with Crippen LogP contribution < -0.4 is 10.6 Å². The van der Waals surface area contributed by atoms with Crippen LogP contribution in [-0.2, 0) is 10.2 Å². The third-order valence-electron chi connectivity index (χ3n) is 5.25. The molecule has 148 valence electrons. The normalized spacial score (nSPS) is 21.7. The van der Waals surface area contributed by atoms with Crippen molar-refractivity contribution in [3.8, 4) is 0 Å². The van der Waals surface area contributed by atoms with Gasteiger partial charge >= 0.3 is 6.09 Å². The summed E-state index contributed by atoms with van der Waals surface area (Å²) in [6, 6.07) is 10.8. The zero-order valence-electron chi connectivity index (χ0n) is 16.9. The molecule has 0 spiro atoms. The van der Waals surface area contributed by atoms with Crippen LogP contribution in [0, 0.1) is 0 Å². The average molecular weight is 373 g/mol. The summed E-state index contributed by atoms with van der Waals surface area (Å²) >= 11 is 0. The van der Waals surface area contributed by atoms with Crippen molar-refractivity contribution in [2.24, 2.45) is 4.99 Å². The Kier molecular flexibility index (Phi) is 5.63. The maximum absolute atomic E-state index is 12.0. The van der Waals surface area contributed by atoms with Crippen molar-refractivity contribution in [3.63, 3.8) is 0 Å². The van der Waals surface area contributed by atoms with Crippen LogP contribution in [0.3, 0.4) is 0 Å². The van der Waals surface area contributed by atoms with E-state index >= 15 is 0 Å². The molecule has 0 bridgehead atoms. The first-order valence-corrected chi connectivity index (χ1v) is 9.82. The van der Waals surface area contributed by atoms with Gasteiger partial charge in [-0.1, -0.05) is 30.3 Å². The fourth-order valence-corrected chi connectivity index (χ4v) is 3.64. The van der Waals surface area contributed by atoms with Gasteiger partial charge in [-0.25, -0.2) is 4.79 Å². The molecule has 1 saturated carbocycles. The molecule has 1 aromatic rings. The number of alkyl carbamates (subject to hydrolysis) is 1. The van der Waals surface area contributed by atoms with Gasteiger partial charge in [0.1, 0.15) is 5.60 Å². The minimum atomic E-state index is -0.476. The molecule has 3 rings (SSSR count). The number of nitrogens with one attached hydrogen (secondary N) is 2. The zero-order valence-corrected chi connectivity index (χ0v) is 16.9. The van der Waals surface area contributed by atoms with Crippen molar-refractivity contribution in [1.29, 1.82) is 0 Å². The number of amides is 1. The number of likely N-dealkylation sites (tertiary alicyclic amines) is 1. The van der Waals surface area contributed by atoms with E-state index in [2.05, 4.69) is 50.9 Å². The maximum atomic E-state index is 12.0. The molecule has 1 aromatic carbocycles. The molecule has 1 aliphatic carbocycles. The summed E-state index contributed by atoms with van der Waals surface area (Å²) in [6.07, 6.45) is 2.97. The summed E-state index contributed by atoms with van der Waals surface area (Å²) in [6.45, 7) is 8.14. The molecule has 1 heterocycles. The predicted octanol–water partition coefficient (Wildman–Crippen LogP) is 2.89. The van der Waals surface area contributed by atoms with Gasteiger partial charge in [0.2, 0.25) is 0 Å².